The van der Waals surface area contributed by atoms with E-state index in [-0.39, 0.29) is 17.0 Å². The summed E-state index contributed by atoms with van der Waals surface area (Å²) in [7, 11) is 0. The van der Waals surface area contributed by atoms with E-state index in [0.717, 1.165) is 11.2 Å². The average molecular weight is 273 g/mol. The minimum absolute atomic E-state index is 0.0955. The number of hydrogen-bond acceptors (Lipinski definition) is 4. The fraction of sp³-hybridized carbons (Fsp3) is 0.400. The van der Waals surface area contributed by atoms with Gasteiger partial charge in [0.1, 0.15) is 12.1 Å². The summed E-state index contributed by atoms with van der Waals surface area (Å²) in [5.41, 5.74) is 0.952. The number of nitrogens with zero attached hydrogens (tertiary/aromatic N) is 2. The van der Waals surface area contributed by atoms with Crippen molar-refractivity contribution < 1.29 is 9.90 Å². The molecule has 0 fully saturated rings. The number of carboxylic acid groups (broad SMARTS) is 1. The van der Waals surface area contributed by atoms with Gasteiger partial charge in [-0.1, -0.05) is 20.8 Å². The topological polar surface area (TPSA) is 75.1 Å². The van der Waals surface area contributed by atoms with Crippen LogP contribution in [0.2, 0.25) is 0 Å². The fourth-order valence-corrected chi connectivity index (χ4v) is 1.73. The van der Waals surface area contributed by atoms with Crippen LogP contribution in [0, 0.1) is 5.41 Å². The van der Waals surface area contributed by atoms with Crippen LogP contribution in [0.1, 0.15) is 38.1 Å². The lowest BCUT2D eigenvalue weighted by Crippen LogP contribution is -2.31. The average Bonchev–Trinajstić information content (AvgIpc) is 2.37. The summed E-state index contributed by atoms with van der Waals surface area (Å²) in [6.07, 6.45) is 1.45. The van der Waals surface area contributed by atoms with Crippen LogP contribution in [0.25, 0.3) is 10.9 Å². The maximum atomic E-state index is 11.0. The van der Waals surface area contributed by atoms with Gasteiger partial charge in [0.05, 0.1) is 11.1 Å². The Morgan fingerprint density at radius 3 is 2.60 bits per heavy atom. The van der Waals surface area contributed by atoms with E-state index in [1.54, 1.807) is 18.2 Å². The number of benzene rings is 1. The summed E-state index contributed by atoms with van der Waals surface area (Å²) in [6, 6.07) is 5.10. The van der Waals surface area contributed by atoms with Gasteiger partial charge < -0.3 is 10.4 Å². The highest BCUT2D eigenvalue weighted by Gasteiger charge is 2.21. The zero-order valence-electron chi connectivity index (χ0n) is 12.1. The third kappa shape index (κ3) is 2.87. The number of hydrogen-bond donors (Lipinski definition) is 2. The van der Waals surface area contributed by atoms with Crippen LogP contribution >= 0.6 is 0 Å². The van der Waals surface area contributed by atoms with Crippen molar-refractivity contribution in [3.8, 4) is 0 Å². The van der Waals surface area contributed by atoms with Gasteiger partial charge in [-0.2, -0.15) is 0 Å². The Kier molecular flexibility index (Phi) is 3.61. The van der Waals surface area contributed by atoms with Crippen LogP contribution in [-0.4, -0.2) is 27.1 Å². The lowest BCUT2D eigenvalue weighted by molar-refractivity contribution is 0.0697. The van der Waals surface area contributed by atoms with E-state index < -0.39 is 5.97 Å². The zero-order chi connectivity index (χ0) is 14.9. The fourth-order valence-electron chi connectivity index (χ4n) is 1.73. The second-order valence-electron chi connectivity index (χ2n) is 5.99. The third-order valence-corrected chi connectivity index (χ3v) is 3.54. The standard InChI is InChI=1S/C15H19N3O2/c1-9(15(2,3)4)18-13-11-6-5-10(14(19)20)7-12(11)16-8-17-13/h5-9H,1-4H3,(H,19,20)(H,16,17,18). The highest BCUT2D eigenvalue weighted by Crippen LogP contribution is 2.26. The lowest BCUT2D eigenvalue weighted by Gasteiger charge is -2.28. The molecule has 0 aliphatic carbocycles. The van der Waals surface area contributed by atoms with Crippen LogP contribution in [0.4, 0.5) is 5.82 Å². The van der Waals surface area contributed by atoms with Crippen LogP contribution < -0.4 is 5.32 Å². The monoisotopic (exact) mass is 273 g/mol. The normalized spacial score (nSPS) is 13.2. The molecule has 0 aliphatic rings. The predicted molar refractivity (Wildman–Crippen MR) is 79.0 cm³/mol. The zero-order valence-corrected chi connectivity index (χ0v) is 12.1. The van der Waals surface area contributed by atoms with Gasteiger partial charge in [0.2, 0.25) is 0 Å². The first-order chi connectivity index (χ1) is 9.29. The highest BCUT2D eigenvalue weighted by molar-refractivity contribution is 5.96. The highest BCUT2D eigenvalue weighted by atomic mass is 16.4. The largest absolute Gasteiger partial charge is 0.478 e. The predicted octanol–water partition coefficient (Wildman–Crippen LogP) is 3.17. The Morgan fingerprint density at radius 1 is 1.30 bits per heavy atom. The number of fused-ring (bicyclic) bond motifs is 1. The van der Waals surface area contributed by atoms with Crippen molar-refractivity contribution in [2.45, 2.75) is 33.7 Å². The molecule has 0 aliphatic heterocycles. The number of aromatic nitrogens is 2. The van der Waals surface area contributed by atoms with Gasteiger partial charge in [-0.05, 0) is 30.5 Å². The van der Waals surface area contributed by atoms with E-state index in [1.807, 2.05) is 0 Å². The summed E-state index contributed by atoms with van der Waals surface area (Å²) >= 11 is 0. The lowest BCUT2D eigenvalue weighted by atomic mass is 9.88. The van der Waals surface area contributed by atoms with Crippen LogP contribution in [0.5, 0.6) is 0 Å². The van der Waals surface area contributed by atoms with E-state index in [9.17, 15) is 4.79 Å². The van der Waals surface area contributed by atoms with Crippen molar-refractivity contribution in [2.24, 2.45) is 5.41 Å². The molecule has 2 aromatic rings. The maximum absolute atomic E-state index is 11.0. The smallest absolute Gasteiger partial charge is 0.335 e. The minimum Gasteiger partial charge on any atom is -0.478 e. The minimum atomic E-state index is -0.955. The van der Waals surface area contributed by atoms with Crippen molar-refractivity contribution in [2.75, 3.05) is 5.32 Å². The van der Waals surface area contributed by atoms with Crippen molar-refractivity contribution in [3.63, 3.8) is 0 Å². The molecule has 5 heteroatoms. The van der Waals surface area contributed by atoms with Crippen molar-refractivity contribution >= 4 is 22.7 Å². The first kappa shape index (κ1) is 14.2. The molecule has 1 atom stereocenters. The van der Waals surface area contributed by atoms with Crippen molar-refractivity contribution in [1.82, 2.24) is 9.97 Å². The first-order valence-corrected chi connectivity index (χ1v) is 6.53. The molecule has 0 saturated heterocycles. The molecule has 0 amide bonds. The quantitative estimate of drug-likeness (QED) is 0.898. The molecule has 1 unspecified atom stereocenters. The number of carbonyl (C=O) groups is 1. The summed E-state index contributed by atoms with van der Waals surface area (Å²) < 4.78 is 0. The Hall–Kier alpha value is -2.17. The number of nitrogens with one attached hydrogen (secondary N) is 1. The second kappa shape index (κ2) is 5.07. The molecule has 0 radical (unpaired) electrons. The Morgan fingerprint density at radius 2 is 2.00 bits per heavy atom. The van der Waals surface area contributed by atoms with Gasteiger partial charge in [-0.25, -0.2) is 14.8 Å². The number of anilines is 1. The molecule has 0 bridgehead atoms. The Bertz CT molecular complexity index is 647. The first-order valence-electron chi connectivity index (χ1n) is 6.53. The maximum Gasteiger partial charge on any atom is 0.335 e. The summed E-state index contributed by atoms with van der Waals surface area (Å²) in [4.78, 5) is 19.4. The van der Waals surface area contributed by atoms with E-state index in [2.05, 4.69) is 43.0 Å². The van der Waals surface area contributed by atoms with E-state index in [4.69, 9.17) is 5.11 Å². The summed E-state index contributed by atoms with van der Waals surface area (Å²) in [6.45, 7) is 8.54. The van der Waals surface area contributed by atoms with E-state index >= 15 is 0 Å². The third-order valence-electron chi connectivity index (χ3n) is 3.54. The summed E-state index contributed by atoms with van der Waals surface area (Å²) in [5, 5.41) is 13.2. The Labute approximate surface area is 118 Å². The molecule has 1 aromatic heterocycles. The van der Waals surface area contributed by atoms with Crippen LogP contribution in [0.15, 0.2) is 24.5 Å². The molecule has 2 rings (SSSR count). The molecule has 0 spiro atoms. The van der Waals surface area contributed by atoms with Gasteiger partial charge in [-0.15, -0.1) is 0 Å². The molecule has 0 saturated carbocycles. The molecular formula is C15H19N3O2. The number of rotatable bonds is 3. The van der Waals surface area contributed by atoms with Gasteiger partial charge in [0.25, 0.3) is 0 Å². The molecule has 2 N–H and O–H groups in total. The van der Waals surface area contributed by atoms with E-state index in [1.165, 1.54) is 6.33 Å². The van der Waals surface area contributed by atoms with Gasteiger partial charge in [0.15, 0.2) is 0 Å². The van der Waals surface area contributed by atoms with Crippen molar-refractivity contribution in [1.29, 1.82) is 0 Å². The molecule has 106 valence electrons. The molecule has 5 nitrogen and oxygen atoms in total. The summed E-state index contributed by atoms with van der Waals surface area (Å²) in [5.74, 6) is -0.225. The van der Waals surface area contributed by atoms with E-state index in [0.29, 0.717) is 5.52 Å². The number of aromatic carboxylic acids is 1. The molecular weight excluding hydrogens is 254 g/mol. The van der Waals surface area contributed by atoms with Crippen molar-refractivity contribution in [3.05, 3.63) is 30.1 Å². The molecule has 1 heterocycles. The molecule has 20 heavy (non-hydrogen) atoms. The van der Waals surface area contributed by atoms with Gasteiger partial charge >= 0.3 is 5.97 Å². The van der Waals surface area contributed by atoms with Gasteiger partial charge in [0, 0.05) is 11.4 Å². The van der Waals surface area contributed by atoms with Crippen LogP contribution in [0.3, 0.4) is 0 Å². The number of carboxylic acids is 1. The second-order valence-corrected chi connectivity index (χ2v) is 5.99. The molecule has 1 aromatic carbocycles. The van der Waals surface area contributed by atoms with Crippen LogP contribution in [-0.2, 0) is 0 Å². The SMILES string of the molecule is CC(Nc1ncnc2cc(C(=O)O)ccc12)C(C)(C)C. The Balaban J connectivity index is 2.43. The van der Waals surface area contributed by atoms with Gasteiger partial charge in [-0.3, -0.25) is 0 Å².